The molecule has 3 heteroatoms. The molecule has 1 rings (SSSR count). The summed E-state index contributed by atoms with van der Waals surface area (Å²) >= 11 is 0. The van der Waals surface area contributed by atoms with Crippen LogP contribution in [0, 0.1) is 0 Å². The van der Waals surface area contributed by atoms with Crippen LogP contribution in [0.1, 0.15) is 26.2 Å². The summed E-state index contributed by atoms with van der Waals surface area (Å²) in [6.45, 7) is 7.24. The Labute approximate surface area is 74.2 Å². The smallest absolute Gasteiger partial charge is 0.226 e. The Morgan fingerprint density at radius 2 is 2.33 bits per heavy atom. The zero-order valence-electron chi connectivity index (χ0n) is 7.75. The van der Waals surface area contributed by atoms with Gasteiger partial charge in [-0.3, -0.25) is 4.79 Å². The summed E-state index contributed by atoms with van der Waals surface area (Å²) in [6, 6.07) is 0. The molecule has 0 unspecified atom stereocenters. The summed E-state index contributed by atoms with van der Waals surface area (Å²) in [5, 5.41) is 0. The van der Waals surface area contributed by atoms with E-state index < -0.39 is 0 Å². The second-order valence-electron chi connectivity index (χ2n) is 2.66. The van der Waals surface area contributed by atoms with Crippen LogP contribution in [-0.2, 0) is 4.79 Å². The van der Waals surface area contributed by atoms with Crippen molar-refractivity contribution in [3.05, 3.63) is 12.8 Å². The van der Waals surface area contributed by atoms with Crippen LogP contribution in [0.25, 0.3) is 0 Å². The molecule has 1 fully saturated rings. The van der Waals surface area contributed by atoms with Crippen molar-refractivity contribution >= 4 is 5.91 Å². The van der Waals surface area contributed by atoms with Crippen LogP contribution in [0.5, 0.6) is 0 Å². The highest BCUT2D eigenvalue weighted by molar-refractivity contribution is 5.78. The Morgan fingerprint density at radius 1 is 1.75 bits per heavy atom. The summed E-state index contributed by atoms with van der Waals surface area (Å²) in [4.78, 5) is 12.3. The predicted octanol–water partition coefficient (Wildman–Crippen LogP) is 1.11. The number of rotatable bonds is 2. The van der Waals surface area contributed by atoms with Gasteiger partial charge < -0.3 is 10.6 Å². The maximum atomic E-state index is 10.7. The van der Waals surface area contributed by atoms with Gasteiger partial charge in [0.2, 0.25) is 5.91 Å². The van der Waals surface area contributed by atoms with Crippen LogP contribution >= 0.6 is 0 Å². The average Bonchev–Trinajstić information content (AvgIpc) is 2.51. The van der Waals surface area contributed by atoms with E-state index in [-0.39, 0.29) is 5.91 Å². The number of carbonyl (C=O) groups excluding carboxylic acids is 1. The summed E-state index contributed by atoms with van der Waals surface area (Å²) in [5.41, 5.74) is 5.03. The Morgan fingerprint density at radius 3 is 2.50 bits per heavy atom. The fourth-order valence-electron chi connectivity index (χ4n) is 0.862. The van der Waals surface area contributed by atoms with Crippen LogP contribution in [0.15, 0.2) is 12.8 Å². The molecule has 0 aromatic rings. The van der Waals surface area contributed by atoms with E-state index in [0.29, 0.717) is 6.42 Å². The highest BCUT2D eigenvalue weighted by Crippen LogP contribution is 2.08. The Bertz CT molecular complexity index is 143. The van der Waals surface area contributed by atoms with Crippen molar-refractivity contribution in [2.45, 2.75) is 26.2 Å². The molecule has 0 aliphatic carbocycles. The molecule has 3 nitrogen and oxygen atoms in total. The molecule has 0 spiro atoms. The first-order valence-electron chi connectivity index (χ1n) is 4.38. The van der Waals surface area contributed by atoms with Crippen molar-refractivity contribution in [2.24, 2.45) is 5.73 Å². The van der Waals surface area contributed by atoms with Gasteiger partial charge in [0.15, 0.2) is 0 Å². The first-order chi connectivity index (χ1) is 5.76. The minimum atomic E-state index is 0.208. The minimum absolute atomic E-state index is 0.208. The van der Waals surface area contributed by atoms with Gasteiger partial charge in [0.25, 0.3) is 0 Å². The van der Waals surface area contributed by atoms with Crippen LogP contribution < -0.4 is 5.73 Å². The van der Waals surface area contributed by atoms with Crippen molar-refractivity contribution in [1.82, 2.24) is 4.90 Å². The van der Waals surface area contributed by atoms with E-state index in [9.17, 15) is 4.79 Å². The van der Waals surface area contributed by atoms with Gasteiger partial charge in [-0.2, -0.15) is 0 Å². The van der Waals surface area contributed by atoms with Crippen LogP contribution in [0.3, 0.4) is 0 Å². The molecular formula is C9H18N2O. The van der Waals surface area contributed by atoms with Crippen LogP contribution in [0.4, 0.5) is 0 Å². The normalized spacial score (nSPS) is 15.5. The van der Waals surface area contributed by atoms with Gasteiger partial charge in [0.1, 0.15) is 0 Å². The summed E-state index contributed by atoms with van der Waals surface area (Å²) in [5.74, 6) is 0.208. The van der Waals surface area contributed by atoms with E-state index in [4.69, 9.17) is 5.73 Å². The molecule has 0 atom stereocenters. The third-order valence-electron chi connectivity index (χ3n) is 1.62. The highest BCUT2D eigenvalue weighted by Gasteiger charge is 2.15. The Kier molecular flexibility index (Phi) is 6.38. The fourth-order valence-corrected chi connectivity index (χ4v) is 0.862. The third kappa shape index (κ3) is 4.13. The largest absolute Gasteiger partial charge is 0.330 e. The maximum Gasteiger partial charge on any atom is 0.226 e. The monoisotopic (exact) mass is 170 g/mol. The predicted molar refractivity (Wildman–Crippen MR) is 50.5 cm³/mol. The standard InChI is InChI=1S/C6H9NO.C3H9N/c1-2-7-5-3-4-6(7)8;1-2-3-4/h2H,1,3-5H2;2-4H2,1H3. The summed E-state index contributed by atoms with van der Waals surface area (Å²) in [6.07, 6.45) is 4.38. The fraction of sp³-hybridized carbons (Fsp3) is 0.667. The second-order valence-corrected chi connectivity index (χ2v) is 2.66. The minimum Gasteiger partial charge on any atom is -0.330 e. The van der Waals surface area contributed by atoms with E-state index in [2.05, 4.69) is 13.5 Å². The van der Waals surface area contributed by atoms with Crippen molar-refractivity contribution in [1.29, 1.82) is 0 Å². The number of hydrogen-bond acceptors (Lipinski definition) is 2. The highest BCUT2D eigenvalue weighted by atomic mass is 16.2. The van der Waals surface area contributed by atoms with Gasteiger partial charge in [-0.15, -0.1) is 0 Å². The van der Waals surface area contributed by atoms with Crippen LogP contribution in [0.2, 0.25) is 0 Å². The number of carbonyl (C=O) groups is 1. The topological polar surface area (TPSA) is 46.3 Å². The third-order valence-corrected chi connectivity index (χ3v) is 1.62. The zero-order chi connectivity index (χ0) is 9.40. The molecule has 1 aliphatic heterocycles. The number of hydrogen-bond donors (Lipinski definition) is 1. The van der Waals surface area contributed by atoms with Gasteiger partial charge >= 0.3 is 0 Å². The molecule has 70 valence electrons. The Hall–Kier alpha value is -0.830. The zero-order valence-corrected chi connectivity index (χ0v) is 7.75. The maximum absolute atomic E-state index is 10.7. The lowest BCUT2D eigenvalue weighted by atomic mass is 10.4. The quantitative estimate of drug-likeness (QED) is 0.674. The second kappa shape index (κ2) is 6.85. The van der Waals surface area contributed by atoms with E-state index in [1.165, 1.54) is 0 Å². The van der Waals surface area contributed by atoms with Gasteiger partial charge in [-0.05, 0) is 25.6 Å². The lowest BCUT2D eigenvalue weighted by molar-refractivity contribution is -0.125. The number of nitrogens with two attached hydrogens (primary N) is 1. The van der Waals surface area contributed by atoms with Gasteiger partial charge in [0, 0.05) is 13.0 Å². The molecule has 0 aromatic carbocycles. The number of likely N-dealkylation sites (tertiary alicyclic amines) is 1. The van der Waals surface area contributed by atoms with E-state index >= 15 is 0 Å². The van der Waals surface area contributed by atoms with E-state index in [1.807, 2.05) is 0 Å². The lowest BCUT2D eigenvalue weighted by Crippen LogP contribution is -2.16. The SMILES string of the molecule is C=CN1CCCC1=O.CCCN. The molecule has 1 aliphatic rings. The molecule has 0 saturated carbocycles. The van der Waals surface area contributed by atoms with Gasteiger partial charge in [-0.25, -0.2) is 0 Å². The first kappa shape index (κ1) is 11.2. The average molecular weight is 170 g/mol. The van der Waals surface area contributed by atoms with Crippen molar-refractivity contribution in [3.63, 3.8) is 0 Å². The van der Waals surface area contributed by atoms with E-state index in [0.717, 1.165) is 25.9 Å². The summed E-state index contributed by atoms with van der Waals surface area (Å²) < 4.78 is 0. The van der Waals surface area contributed by atoms with E-state index in [1.54, 1.807) is 11.1 Å². The van der Waals surface area contributed by atoms with Crippen LogP contribution in [-0.4, -0.2) is 23.9 Å². The van der Waals surface area contributed by atoms with Crippen molar-refractivity contribution in [3.8, 4) is 0 Å². The molecule has 0 bridgehead atoms. The number of amides is 1. The van der Waals surface area contributed by atoms with Crippen molar-refractivity contribution < 1.29 is 4.79 Å². The first-order valence-corrected chi connectivity index (χ1v) is 4.38. The van der Waals surface area contributed by atoms with Gasteiger partial charge in [-0.1, -0.05) is 13.5 Å². The molecular weight excluding hydrogens is 152 g/mol. The van der Waals surface area contributed by atoms with Crippen molar-refractivity contribution in [2.75, 3.05) is 13.1 Å². The molecule has 1 saturated heterocycles. The molecule has 1 heterocycles. The molecule has 12 heavy (non-hydrogen) atoms. The Balaban J connectivity index is 0.000000261. The molecule has 1 amide bonds. The number of nitrogens with zero attached hydrogens (tertiary/aromatic N) is 1. The molecule has 0 radical (unpaired) electrons. The lowest BCUT2D eigenvalue weighted by Gasteiger charge is -2.05. The molecule has 2 N–H and O–H groups in total. The summed E-state index contributed by atoms with van der Waals surface area (Å²) in [7, 11) is 0. The molecule has 0 aromatic heterocycles. The van der Waals surface area contributed by atoms with Gasteiger partial charge in [0.05, 0.1) is 0 Å².